The molecule has 0 aliphatic carbocycles. The predicted octanol–water partition coefficient (Wildman–Crippen LogP) is 2.68. The summed E-state index contributed by atoms with van der Waals surface area (Å²) in [5.74, 6) is 0.846. The summed E-state index contributed by atoms with van der Waals surface area (Å²) in [6.45, 7) is 2.01. The fraction of sp³-hybridized carbons (Fsp3) is 0.308. The molecule has 5 heteroatoms. The van der Waals surface area contributed by atoms with E-state index in [1.54, 1.807) is 12.4 Å². The van der Waals surface area contributed by atoms with Crippen molar-refractivity contribution in [3.63, 3.8) is 0 Å². The largest absolute Gasteiger partial charge is 0.355 e. The van der Waals surface area contributed by atoms with E-state index in [0.29, 0.717) is 5.56 Å². The van der Waals surface area contributed by atoms with E-state index in [9.17, 15) is 5.26 Å². The van der Waals surface area contributed by atoms with Crippen LogP contribution in [0.4, 0.5) is 5.82 Å². The number of nitriles is 1. The zero-order chi connectivity index (χ0) is 12.4. The first-order valence-corrected chi connectivity index (χ1v) is 6.72. The Morgan fingerprint density at radius 3 is 2.83 bits per heavy atom. The summed E-state index contributed by atoms with van der Waals surface area (Å²) in [6, 6.07) is 6.15. The predicted molar refractivity (Wildman–Crippen MR) is 71.5 cm³/mol. The lowest BCUT2D eigenvalue weighted by Crippen LogP contribution is -2.18. The van der Waals surface area contributed by atoms with Gasteiger partial charge >= 0.3 is 0 Å². The van der Waals surface area contributed by atoms with Crippen molar-refractivity contribution in [2.75, 3.05) is 18.0 Å². The van der Waals surface area contributed by atoms with E-state index in [0.717, 1.165) is 29.3 Å². The molecule has 0 spiro atoms. The van der Waals surface area contributed by atoms with Gasteiger partial charge in [-0.2, -0.15) is 9.64 Å². The van der Waals surface area contributed by atoms with Gasteiger partial charge in [0.2, 0.25) is 0 Å². The van der Waals surface area contributed by atoms with Gasteiger partial charge in [-0.1, -0.05) is 6.07 Å². The minimum atomic E-state index is 0.690. The quantitative estimate of drug-likeness (QED) is 0.829. The van der Waals surface area contributed by atoms with Gasteiger partial charge in [0, 0.05) is 31.0 Å². The van der Waals surface area contributed by atoms with Gasteiger partial charge in [0.15, 0.2) is 5.82 Å². The van der Waals surface area contributed by atoms with E-state index in [2.05, 4.69) is 20.3 Å². The van der Waals surface area contributed by atoms with Gasteiger partial charge in [-0.05, 0) is 30.4 Å². The van der Waals surface area contributed by atoms with Gasteiger partial charge < -0.3 is 4.90 Å². The molecule has 0 saturated carbocycles. The molecule has 0 radical (unpaired) electrons. The van der Waals surface area contributed by atoms with Crippen molar-refractivity contribution in [1.29, 1.82) is 5.26 Å². The number of hydrogen-bond donors (Lipinski definition) is 0. The van der Waals surface area contributed by atoms with Crippen molar-refractivity contribution in [3.05, 3.63) is 30.1 Å². The molecule has 3 rings (SSSR count). The molecular weight excluding hydrogens is 244 g/mol. The summed E-state index contributed by atoms with van der Waals surface area (Å²) in [5, 5.41) is 9.38. The van der Waals surface area contributed by atoms with E-state index in [4.69, 9.17) is 0 Å². The summed E-state index contributed by atoms with van der Waals surface area (Å²) in [4.78, 5) is 7.23. The summed E-state index contributed by atoms with van der Waals surface area (Å²) in [7, 11) is 0. The molecule has 90 valence electrons. The fourth-order valence-electron chi connectivity index (χ4n) is 2.22. The number of rotatable bonds is 2. The lowest BCUT2D eigenvalue weighted by molar-refractivity contribution is 0.949. The Morgan fingerprint density at radius 1 is 1.33 bits per heavy atom. The van der Waals surface area contributed by atoms with E-state index in [1.165, 1.54) is 24.4 Å². The van der Waals surface area contributed by atoms with Crippen LogP contribution < -0.4 is 4.90 Å². The number of pyridine rings is 1. The molecular formula is C13H12N4S. The SMILES string of the molecule is N#Cc1c(N2CCCC2)nsc1-c1cccnc1. The molecule has 0 unspecified atom stereocenters. The van der Waals surface area contributed by atoms with E-state index < -0.39 is 0 Å². The van der Waals surface area contributed by atoms with Crippen LogP contribution in [0.25, 0.3) is 10.4 Å². The second-order valence-electron chi connectivity index (χ2n) is 4.26. The van der Waals surface area contributed by atoms with Crippen LogP contribution in [0.1, 0.15) is 18.4 Å². The third-order valence-electron chi connectivity index (χ3n) is 3.12. The van der Waals surface area contributed by atoms with Gasteiger partial charge in [0.25, 0.3) is 0 Å². The average Bonchev–Trinajstić information content (AvgIpc) is 3.08. The zero-order valence-electron chi connectivity index (χ0n) is 9.83. The lowest BCUT2D eigenvalue weighted by atomic mass is 10.1. The molecule has 1 saturated heterocycles. The van der Waals surface area contributed by atoms with Crippen molar-refractivity contribution < 1.29 is 0 Å². The Balaban J connectivity index is 2.05. The second-order valence-corrected chi connectivity index (χ2v) is 5.03. The Labute approximate surface area is 110 Å². The molecule has 3 heterocycles. The van der Waals surface area contributed by atoms with Gasteiger partial charge in [-0.15, -0.1) is 0 Å². The van der Waals surface area contributed by atoms with Crippen LogP contribution in [0.5, 0.6) is 0 Å². The highest BCUT2D eigenvalue weighted by Gasteiger charge is 2.22. The van der Waals surface area contributed by atoms with Crippen molar-refractivity contribution in [2.45, 2.75) is 12.8 Å². The van der Waals surface area contributed by atoms with Crippen LogP contribution in [0.2, 0.25) is 0 Å². The molecule has 18 heavy (non-hydrogen) atoms. The fourth-order valence-corrected chi connectivity index (χ4v) is 3.06. The standard InChI is InChI=1S/C13H12N4S/c14-8-11-12(10-4-3-5-15-9-10)18-16-13(11)17-6-1-2-7-17/h3-5,9H,1-2,6-7H2. The lowest BCUT2D eigenvalue weighted by Gasteiger charge is -2.14. The third-order valence-corrected chi connectivity index (χ3v) is 4.00. The van der Waals surface area contributed by atoms with Crippen molar-refractivity contribution >= 4 is 17.4 Å². The summed E-state index contributed by atoms with van der Waals surface area (Å²) < 4.78 is 4.46. The zero-order valence-corrected chi connectivity index (χ0v) is 10.7. The van der Waals surface area contributed by atoms with E-state index in [1.807, 2.05) is 12.1 Å². The summed E-state index contributed by atoms with van der Waals surface area (Å²) >= 11 is 1.39. The molecule has 0 N–H and O–H groups in total. The topological polar surface area (TPSA) is 52.8 Å². The molecule has 2 aromatic rings. The maximum atomic E-state index is 9.38. The van der Waals surface area contributed by atoms with Crippen LogP contribution in [-0.4, -0.2) is 22.4 Å². The summed E-state index contributed by atoms with van der Waals surface area (Å²) in [5.41, 5.74) is 1.66. The third kappa shape index (κ3) is 1.85. The van der Waals surface area contributed by atoms with Crippen molar-refractivity contribution in [3.8, 4) is 16.5 Å². The van der Waals surface area contributed by atoms with E-state index >= 15 is 0 Å². The first-order valence-electron chi connectivity index (χ1n) is 5.95. The molecule has 0 atom stereocenters. The van der Waals surface area contributed by atoms with Crippen LogP contribution in [0.15, 0.2) is 24.5 Å². The first kappa shape index (κ1) is 11.2. The van der Waals surface area contributed by atoms with E-state index in [-0.39, 0.29) is 0 Å². The molecule has 0 bridgehead atoms. The van der Waals surface area contributed by atoms with Crippen LogP contribution >= 0.6 is 11.5 Å². The Morgan fingerprint density at radius 2 is 2.17 bits per heavy atom. The molecule has 0 amide bonds. The maximum Gasteiger partial charge on any atom is 0.160 e. The number of nitrogens with zero attached hydrogens (tertiary/aromatic N) is 4. The number of aromatic nitrogens is 2. The average molecular weight is 256 g/mol. The Bertz CT molecular complexity index is 579. The van der Waals surface area contributed by atoms with Crippen LogP contribution in [0.3, 0.4) is 0 Å². The Hall–Kier alpha value is -1.93. The molecule has 1 aliphatic rings. The van der Waals surface area contributed by atoms with Gasteiger partial charge in [0.1, 0.15) is 11.6 Å². The highest BCUT2D eigenvalue weighted by Crippen LogP contribution is 2.35. The van der Waals surface area contributed by atoms with Crippen LogP contribution in [0, 0.1) is 11.3 Å². The summed E-state index contributed by atoms with van der Waals surface area (Å²) in [6.07, 6.45) is 5.88. The molecule has 4 nitrogen and oxygen atoms in total. The van der Waals surface area contributed by atoms with Gasteiger partial charge in [0.05, 0.1) is 4.88 Å². The first-order chi connectivity index (χ1) is 8.90. The normalized spacial score (nSPS) is 14.7. The van der Waals surface area contributed by atoms with Gasteiger partial charge in [-0.3, -0.25) is 4.98 Å². The maximum absolute atomic E-state index is 9.38. The second kappa shape index (κ2) is 4.75. The van der Waals surface area contributed by atoms with Gasteiger partial charge in [-0.25, -0.2) is 0 Å². The molecule has 2 aromatic heterocycles. The van der Waals surface area contributed by atoms with Crippen molar-refractivity contribution in [2.24, 2.45) is 0 Å². The Kier molecular flexibility index (Phi) is 2.95. The number of hydrogen-bond acceptors (Lipinski definition) is 5. The highest BCUT2D eigenvalue weighted by atomic mass is 32.1. The minimum Gasteiger partial charge on any atom is -0.355 e. The van der Waals surface area contributed by atoms with Crippen molar-refractivity contribution in [1.82, 2.24) is 9.36 Å². The van der Waals surface area contributed by atoms with Crippen LogP contribution in [-0.2, 0) is 0 Å². The molecule has 0 aromatic carbocycles. The number of anilines is 1. The smallest absolute Gasteiger partial charge is 0.160 e. The highest BCUT2D eigenvalue weighted by molar-refractivity contribution is 7.10. The minimum absolute atomic E-state index is 0.690. The molecule has 1 fully saturated rings. The molecule has 1 aliphatic heterocycles. The monoisotopic (exact) mass is 256 g/mol.